The van der Waals surface area contributed by atoms with Crippen molar-refractivity contribution in [2.45, 2.75) is 92.3 Å². The van der Waals surface area contributed by atoms with Crippen molar-refractivity contribution in [1.29, 1.82) is 0 Å². The Labute approximate surface area is 239 Å². The molecule has 0 aliphatic heterocycles. The van der Waals surface area contributed by atoms with E-state index in [2.05, 4.69) is 95.0 Å². The summed E-state index contributed by atoms with van der Waals surface area (Å²) in [5.41, 5.74) is 4.62. The number of nitrogens with one attached hydrogen (secondary N) is 1. The van der Waals surface area contributed by atoms with Crippen molar-refractivity contribution in [2.75, 3.05) is 33.0 Å². The third-order valence-electron chi connectivity index (χ3n) is 6.49. The molecule has 0 bridgehead atoms. The summed E-state index contributed by atoms with van der Waals surface area (Å²) in [7, 11) is -2.02. The summed E-state index contributed by atoms with van der Waals surface area (Å²) in [6.07, 6.45) is 7.30. The standard InChI is InChI=1S/C33H53NO4Si/c1-9-21-35-31-25-30(33(5,6)7)32(36-22-10-2)24-29(31)19-18-27-14-16-28(17-15-27)26-34-20-13-23-39(8,37-11-3)38-12-4/h14-19,24-25,34H,9-13,20-23,26H2,1-8H3/b19-18+. The zero-order valence-corrected chi connectivity index (χ0v) is 26.8. The summed E-state index contributed by atoms with van der Waals surface area (Å²) in [6, 6.07) is 14.1. The van der Waals surface area contributed by atoms with E-state index in [9.17, 15) is 0 Å². The van der Waals surface area contributed by atoms with Crippen LogP contribution in [-0.2, 0) is 20.8 Å². The fourth-order valence-electron chi connectivity index (χ4n) is 4.46. The van der Waals surface area contributed by atoms with Crippen LogP contribution in [0.3, 0.4) is 0 Å². The summed E-state index contributed by atoms with van der Waals surface area (Å²) in [5, 5.41) is 3.57. The quantitative estimate of drug-likeness (QED) is 0.114. The van der Waals surface area contributed by atoms with Crippen LogP contribution in [0, 0.1) is 0 Å². The maximum absolute atomic E-state index is 6.17. The van der Waals surface area contributed by atoms with Crippen molar-refractivity contribution in [3.05, 3.63) is 58.7 Å². The Balaban J connectivity index is 2.05. The predicted octanol–water partition coefficient (Wildman–Crippen LogP) is 8.36. The summed E-state index contributed by atoms with van der Waals surface area (Å²) in [5.74, 6) is 1.86. The summed E-state index contributed by atoms with van der Waals surface area (Å²) >= 11 is 0. The van der Waals surface area contributed by atoms with Crippen molar-refractivity contribution in [3.8, 4) is 11.5 Å². The first kappa shape index (κ1) is 33.1. The molecule has 218 valence electrons. The van der Waals surface area contributed by atoms with Gasteiger partial charge >= 0.3 is 8.56 Å². The molecule has 2 aromatic rings. The lowest BCUT2D eigenvalue weighted by atomic mass is 9.85. The molecule has 1 N–H and O–H groups in total. The van der Waals surface area contributed by atoms with Crippen LogP contribution in [0.15, 0.2) is 36.4 Å². The van der Waals surface area contributed by atoms with Crippen LogP contribution in [0.1, 0.15) is 90.0 Å². The van der Waals surface area contributed by atoms with Crippen LogP contribution in [0.25, 0.3) is 12.2 Å². The Bertz CT molecular complexity index is 992. The second-order valence-electron chi connectivity index (χ2n) is 11.2. The highest BCUT2D eigenvalue weighted by atomic mass is 28.4. The van der Waals surface area contributed by atoms with E-state index in [4.69, 9.17) is 18.3 Å². The van der Waals surface area contributed by atoms with E-state index >= 15 is 0 Å². The molecule has 2 aromatic carbocycles. The van der Waals surface area contributed by atoms with Gasteiger partial charge in [0.15, 0.2) is 0 Å². The lowest BCUT2D eigenvalue weighted by Gasteiger charge is -2.25. The van der Waals surface area contributed by atoms with Crippen LogP contribution in [0.5, 0.6) is 11.5 Å². The molecule has 0 spiro atoms. The third kappa shape index (κ3) is 11.5. The van der Waals surface area contributed by atoms with Crippen LogP contribution >= 0.6 is 0 Å². The van der Waals surface area contributed by atoms with E-state index in [1.54, 1.807) is 0 Å². The molecule has 6 heteroatoms. The molecule has 0 saturated heterocycles. The molecular formula is C33H53NO4Si. The summed E-state index contributed by atoms with van der Waals surface area (Å²) < 4.78 is 24.2. The normalized spacial score (nSPS) is 12.3. The maximum Gasteiger partial charge on any atom is 0.334 e. The summed E-state index contributed by atoms with van der Waals surface area (Å²) in [4.78, 5) is 0. The van der Waals surface area contributed by atoms with Gasteiger partial charge in [0, 0.05) is 30.9 Å². The Morgan fingerprint density at radius 1 is 0.821 bits per heavy atom. The number of hydrogen-bond donors (Lipinski definition) is 1. The molecule has 0 aliphatic rings. The smallest absolute Gasteiger partial charge is 0.334 e. The largest absolute Gasteiger partial charge is 0.493 e. The Hall–Kier alpha value is -2.12. The van der Waals surface area contributed by atoms with Crippen LogP contribution in [0.2, 0.25) is 12.6 Å². The van der Waals surface area contributed by atoms with Crippen molar-refractivity contribution >= 4 is 20.7 Å². The molecule has 39 heavy (non-hydrogen) atoms. The molecule has 0 saturated carbocycles. The topological polar surface area (TPSA) is 49.0 Å². The minimum Gasteiger partial charge on any atom is -0.493 e. The predicted molar refractivity (Wildman–Crippen MR) is 168 cm³/mol. The number of rotatable bonds is 18. The molecule has 0 radical (unpaired) electrons. The molecule has 0 unspecified atom stereocenters. The van der Waals surface area contributed by atoms with E-state index in [1.165, 1.54) is 11.1 Å². The van der Waals surface area contributed by atoms with Gasteiger partial charge in [0.25, 0.3) is 0 Å². The average Bonchev–Trinajstić information content (AvgIpc) is 2.90. The zero-order chi connectivity index (χ0) is 28.7. The third-order valence-corrected chi connectivity index (χ3v) is 9.55. The fourth-order valence-corrected chi connectivity index (χ4v) is 6.87. The number of ether oxygens (including phenoxy) is 2. The first-order valence-corrected chi connectivity index (χ1v) is 17.4. The van der Waals surface area contributed by atoms with Crippen LogP contribution < -0.4 is 14.8 Å². The van der Waals surface area contributed by atoms with Crippen molar-refractivity contribution in [1.82, 2.24) is 5.32 Å². The lowest BCUT2D eigenvalue weighted by molar-refractivity contribution is 0.188. The minimum absolute atomic E-state index is 0.0340. The van der Waals surface area contributed by atoms with Crippen LogP contribution in [-0.4, -0.2) is 41.5 Å². The highest BCUT2D eigenvalue weighted by molar-refractivity contribution is 6.66. The second-order valence-corrected chi connectivity index (χ2v) is 14.5. The first-order valence-electron chi connectivity index (χ1n) is 14.9. The van der Waals surface area contributed by atoms with E-state index in [1.807, 2.05) is 13.8 Å². The van der Waals surface area contributed by atoms with Crippen molar-refractivity contribution < 1.29 is 18.3 Å². The monoisotopic (exact) mass is 555 g/mol. The maximum atomic E-state index is 6.17. The van der Waals surface area contributed by atoms with E-state index < -0.39 is 8.56 Å². The van der Waals surface area contributed by atoms with Gasteiger partial charge in [-0.1, -0.05) is 71.0 Å². The van der Waals surface area contributed by atoms with Crippen LogP contribution in [0.4, 0.5) is 0 Å². The minimum atomic E-state index is -2.02. The zero-order valence-electron chi connectivity index (χ0n) is 25.8. The van der Waals surface area contributed by atoms with Gasteiger partial charge in [-0.2, -0.15) is 0 Å². The van der Waals surface area contributed by atoms with Gasteiger partial charge in [-0.25, -0.2) is 0 Å². The van der Waals surface area contributed by atoms with Gasteiger partial charge in [0.2, 0.25) is 0 Å². The molecule has 0 aliphatic carbocycles. The Morgan fingerprint density at radius 2 is 1.44 bits per heavy atom. The molecule has 0 atom stereocenters. The molecule has 5 nitrogen and oxygen atoms in total. The second kappa shape index (κ2) is 16.9. The van der Waals surface area contributed by atoms with Gasteiger partial charge < -0.3 is 23.6 Å². The highest BCUT2D eigenvalue weighted by Crippen LogP contribution is 2.38. The first-order chi connectivity index (χ1) is 18.7. The van der Waals surface area contributed by atoms with Gasteiger partial charge in [-0.3, -0.25) is 0 Å². The molecule has 0 heterocycles. The highest BCUT2D eigenvalue weighted by Gasteiger charge is 2.29. The molecular weight excluding hydrogens is 502 g/mol. The van der Waals surface area contributed by atoms with E-state index in [-0.39, 0.29) is 5.41 Å². The molecule has 0 aromatic heterocycles. The number of benzene rings is 2. The molecule has 2 rings (SSSR count). The van der Waals surface area contributed by atoms with E-state index in [0.29, 0.717) is 13.2 Å². The van der Waals surface area contributed by atoms with Gasteiger partial charge in [-0.05, 0) is 80.9 Å². The van der Waals surface area contributed by atoms with Crippen molar-refractivity contribution in [2.24, 2.45) is 0 Å². The molecule has 0 fully saturated rings. The number of hydrogen-bond acceptors (Lipinski definition) is 5. The van der Waals surface area contributed by atoms with Crippen molar-refractivity contribution in [3.63, 3.8) is 0 Å². The summed E-state index contributed by atoms with van der Waals surface area (Å²) in [6.45, 7) is 21.8. The SMILES string of the molecule is CCCOc1cc(C(C)(C)C)c(OCCC)cc1/C=C/c1ccc(CNCCC[Si](C)(OCC)OCC)cc1. The van der Waals surface area contributed by atoms with Gasteiger partial charge in [0.1, 0.15) is 11.5 Å². The fraction of sp³-hybridized carbons (Fsp3) is 0.576. The molecule has 0 amide bonds. The Kier molecular flexibility index (Phi) is 14.3. The van der Waals surface area contributed by atoms with Gasteiger partial charge in [0.05, 0.1) is 13.2 Å². The Morgan fingerprint density at radius 3 is 2.00 bits per heavy atom. The van der Waals surface area contributed by atoms with Gasteiger partial charge in [-0.15, -0.1) is 0 Å². The lowest BCUT2D eigenvalue weighted by Crippen LogP contribution is -2.39. The average molecular weight is 556 g/mol. The van der Waals surface area contributed by atoms with E-state index in [0.717, 1.165) is 74.2 Å².